The molecule has 1 fully saturated rings. The summed E-state index contributed by atoms with van der Waals surface area (Å²) in [5, 5.41) is 30.0. The molecule has 0 saturated carbocycles. The Bertz CT molecular complexity index is 1690. The first-order valence-electron chi connectivity index (χ1n) is 13.0. The molecule has 13 heteroatoms. The fourth-order valence-corrected chi connectivity index (χ4v) is 6.77. The van der Waals surface area contributed by atoms with E-state index in [4.69, 9.17) is 9.84 Å². The molecule has 1 unspecified atom stereocenters. The Hall–Kier alpha value is -4.65. The fraction of sp³-hybridized carbons (Fsp3) is 0.286. The molecule has 5 rings (SSSR count). The Balaban J connectivity index is 1.77. The Labute approximate surface area is 235 Å². The van der Waals surface area contributed by atoms with Crippen molar-refractivity contribution in [1.29, 1.82) is 0 Å². The first-order valence-corrected chi connectivity index (χ1v) is 14.8. The molecule has 1 aliphatic heterocycles. The molecule has 0 bridgehead atoms. The van der Waals surface area contributed by atoms with Crippen LogP contribution in [0.15, 0.2) is 65.8 Å². The van der Waals surface area contributed by atoms with E-state index in [1.165, 1.54) is 24.3 Å². The van der Waals surface area contributed by atoms with Crippen LogP contribution in [0.3, 0.4) is 0 Å². The molecule has 1 heterocycles. The highest BCUT2D eigenvalue weighted by Gasteiger charge is 2.37. The number of nitro groups is 2. The van der Waals surface area contributed by atoms with Crippen molar-refractivity contribution in [2.75, 3.05) is 23.1 Å². The number of unbranched alkanes of at least 4 members (excludes halogenated alkanes) is 1. The van der Waals surface area contributed by atoms with Crippen molar-refractivity contribution in [2.45, 2.75) is 32.2 Å². The van der Waals surface area contributed by atoms with Gasteiger partial charge in [0, 0.05) is 41.0 Å². The number of hydrogen-bond donors (Lipinski definition) is 0. The van der Waals surface area contributed by atoms with E-state index in [1.54, 1.807) is 35.3 Å². The standard InChI is InChI=1S/C28H26N4O8S/c1-2-3-12-40-28(33)25-16-21(32(36)37)15-24-26(25)22-10-9-19(31(34)35)14-23(22)27(24)29-30(18-7-5-4-6-8-18)20-11-13-41(38,39)17-20/h4-10,14-16,20H,2-3,11-13,17H2,1H3. The lowest BCUT2D eigenvalue weighted by Gasteiger charge is -2.26. The summed E-state index contributed by atoms with van der Waals surface area (Å²) in [5.41, 5.74) is 1.31. The van der Waals surface area contributed by atoms with E-state index in [9.17, 15) is 33.4 Å². The molecule has 0 N–H and O–H groups in total. The van der Waals surface area contributed by atoms with Gasteiger partial charge in [0.1, 0.15) is 0 Å². The predicted octanol–water partition coefficient (Wildman–Crippen LogP) is 4.89. The fourth-order valence-electron chi connectivity index (χ4n) is 5.08. The van der Waals surface area contributed by atoms with Crippen LogP contribution in [-0.2, 0) is 14.6 Å². The molecule has 0 amide bonds. The molecular weight excluding hydrogens is 552 g/mol. The first-order chi connectivity index (χ1) is 19.6. The number of anilines is 1. The Morgan fingerprint density at radius 2 is 1.71 bits per heavy atom. The van der Waals surface area contributed by atoms with Crippen molar-refractivity contribution in [3.8, 4) is 11.1 Å². The van der Waals surface area contributed by atoms with E-state index < -0.39 is 31.7 Å². The maximum atomic E-state index is 13.2. The maximum Gasteiger partial charge on any atom is 0.339 e. The van der Waals surface area contributed by atoms with Crippen LogP contribution in [0.1, 0.15) is 47.7 Å². The molecule has 2 aliphatic rings. The first kappa shape index (κ1) is 27.9. The number of non-ortho nitro benzene ring substituents is 2. The minimum absolute atomic E-state index is 0.0241. The third-order valence-corrected chi connectivity index (χ3v) is 8.81. The smallest absolute Gasteiger partial charge is 0.339 e. The molecule has 0 radical (unpaired) electrons. The highest BCUT2D eigenvalue weighted by molar-refractivity contribution is 7.91. The number of nitro benzene ring substituents is 2. The molecule has 1 saturated heterocycles. The van der Waals surface area contributed by atoms with Crippen LogP contribution in [0.2, 0.25) is 0 Å². The van der Waals surface area contributed by atoms with Crippen LogP contribution in [0.5, 0.6) is 0 Å². The van der Waals surface area contributed by atoms with Crippen LogP contribution in [0, 0.1) is 20.2 Å². The Kier molecular flexibility index (Phi) is 7.54. The average Bonchev–Trinajstić information content (AvgIpc) is 3.47. The molecule has 12 nitrogen and oxygen atoms in total. The van der Waals surface area contributed by atoms with Gasteiger partial charge < -0.3 is 4.74 Å². The van der Waals surface area contributed by atoms with Crippen molar-refractivity contribution in [2.24, 2.45) is 5.10 Å². The molecule has 41 heavy (non-hydrogen) atoms. The third-order valence-electron chi connectivity index (χ3n) is 7.06. The van der Waals surface area contributed by atoms with Gasteiger partial charge in [0.2, 0.25) is 0 Å². The second kappa shape index (κ2) is 11.1. The van der Waals surface area contributed by atoms with E-state index in [0.29, 0.717) is 35.2 Å². The zero-order chi connectivity index (χ0) is 29.3. The number of para-hydroxylation sites is 1. The number of sulfone groups is 1. The molecular formula is C28H26N4O8S. The van der Waals surface area contributed by atoms with Gasteiger partial charge in [-0.2, -0.15) is 5.10 Å². The summed E-state index contributed by atoms with van der Waals surface area (Å²) in [7, 11) is -3.32. The van der Waals surface area contributed by atoms with Crippen LogP contribution >= 0.6 is 0 Å². The molecule has 0 aromatic heterocycles. The number of carbonyl (C=O) groups excluding carboxylic acids is 1. The normalized spacial score (nSPS) is 17.6. The van der Waals surface area contributed by atoms with Gasteiger partial charge in [-0.1, -0.05) is 31.5 Å². The molecule has 3 aromatic carbocycles. The number of carbonyl (C=O) groups is 1. The van der Waals surface area contributed by atoms with Crippen LogP contribution in [-0.4, -0.2) is 54.1 Å². The average molecular weight is 579 g/mol. The molecule has 1 atom stereocenters. The van der Waals surface area contributed by atoms with E-state index in [0.717, 1.165) is 12.5 Å². The van der Waals surface area contributed by atoms with Gasteiger partial charge in [-0.15, -0.1) is 0 Å². The summed E-state index contributed by atoms with van der Waals surface area (Å²) >= 11 is 0. The van der Waals surface area contributed by atoms with Crippen molar-refractivity contribution in [1.82, 2.24) is 0 Å². The lowest BCUT2D eigenvalue weighted by atomic mass is 9.98. The predicted molar refractivity (Wildman–Crippen MR) is 152 cm³/mol. The lowest BCUT2D eigenvalue weighted by molar-refractivity contribution is -0.385. The van der Waals surface area contributed by atoms with Gasteiger partial charge in [0.05, 0.1) is 51.0 Å². The van der Waals surface area contributed by atoms with Crippen molar-refractivity contribution in [3.05, 3.63) is 97.6 Å². The topological polar surface area (TPSA) is 162 Å². The number of hydrogen-bond acceptors (Lipinski definition) is 10. The monoisotopic (exact) mass is 578 g/mol. The molecule has 0 spiro atoms. The van der Waals surface area contributed by atoms with E-state index in [2.05, 4.69) is 0 Å². The zero-order valence-electron chi connectivity index (χ0n) is 22.1. The SMILES string of the molecule is CCCCOC(=O)c1cc([N+](=O)[O-])cc2c1-c1ccc([N+](=O)[O-])cc1C2=NN(c1ccccc1)C1CCS(=O)(=O)C1. The van der Waals surface area contributed by atoms with Gasteiger partial charge in [0.25, 0.3) is 11.4 Å². The summed E-state index contributed by atoms with van der Waals surface area (Å²) in [6, 6.07) is 14.8. The number of fused-ring (bicyclic) bond motifs is 3. The van der Waals surface area contributed by atoms with Crippen LogP contribution in [0.4, 0.5) is 17.1 Å². The minimum Gasteiger partial charge on any atom is -0.462 e. The molecule has 1 aliphatic carbocycles. The number of hydrazone groups is 1. The Morgan fingerprint density at radius 3 is 2.34 bits per heavy atom. The Morgan fingerprint density at radius 1 is 1.00 bits per heavy atom. The summed E-state index contributed by atoms with van der Waals surface area (Å²) in [4.78, 5) is 35.6. The van der Waals surface area contributed by atoms with Crippen molar-refractivity contribution < 1.29 is 27.8 Å². The third kappa shape index (κ3) is 5.53. The van der Waals surface area contributed by atoms with E-state index >= 15 is 0 Å². The lowest BCUT2D eigenvalue weighted by Crippen LogP contribution is -2.33. The van der Waals surface area contributed by atoms with Gasteiger partial charge in [-0.25, -0.2) is 13.2 Å². The summed E-state index contributed by atoms with van der Waals surface area (Å²) in [6.07, 6.45) is 1.68. The van der Waals surface area contributed by atoms with E-state index in [-0.39, 0.29) is 46.3 Å². The minimum atomic E-state index is -3.32. The largest absolute Gasteiger partial charge is 0.462 e. The van der Waals surface area contributed by atoms with E-state index in [1.807, 2.05) is 6.92 Å². The van der Waals surface area contributed by atoms with Crippen LogP contribution in [0.25, 0.3) is 11.1 Å². The quantitative estimate of drug-likeness (QED) is 0.116. The highest BCUT2D eigenvalue weighted by atomic mass is 32.2. The zero-order valence-corrected chi connectivity index (χ0v) is 22.9. The van der Waals surface area contributed by atoms with Crippen molar-refractivity contribution in [3.63, 3.8) is 0 Å². The second-order valence-corrected chi connectivity index (χ2v) is 12.1. The number of benzene rings is 3. The van der Waals surface area contributed by atoms with Gasteiger partial charge >= 0.3 is 5.97 Å². The number of ether oxygens (including phenoxy) is 1. The number of esters is 1. The van der Waals surface area contributed by atoms with Crippen molar-refractivity contribution >= 4 is 38.6 Å². The molecule has 3 aromatic rings. The number of nitrogens with zero attached hydrogens (tertiary/aromatic N) is 4. The number of rotatable bonds is 9. The maximum absolute atomic E-state index is 13.2. The van der Waals surface area contributed by atoms with Gasteiger partial charge in [0.15, 0.2) is 9.84 Å². The highest BCUT2D eigenvalue weighted by Crippen LogP contribution is 2.44. The summed E-state index contributed by atoms with van der Waals surface area (Å²) in [6.45, 7) is 2.05. The second-order valence-electron chi connectivity index (χ2n) is 9.84. The van der Waals surface area contributed by atoms with Crippen LogP contribution < -0.4 is 5.01 Å². The van der Waals surface area contributed by atoms with Gasteiger partial charge in [-0.3, -0.25) is 25.2 Å². The molecule has 212 valence electrons. The summed E-state index contributed by atoms with van der Waals surface area (Å²) in [5.74, 6) is -0.938. The van der Waals surface area contributed by atoms with Gasteiger partial charge in [-0.05, 0) is 36.6 Å². The summed E-state index contributed by atoms with van der Waals surface area (Å²) < 4.78 is 30.2.